The average Bonchev–Trinajstić information content (AvgIpc) is 3.50. The number of carbonyl (C=O) groups is 2. The summed E-state index contributed by atoms with van der Waals surface area (Å²) < 4.78 is 7.04. The van der Waals surface area contributed by atoms with Crippen LogP contribution in [-0.4, -0.2) is 27.1 Å². The van der Waals surface area contributed by atoms with Gasteiger partial charge in [0, 0.05) is 23.3 Å². The van der Waals surface area contributed by atoms with Crippen LogP contribution in [0.3, 0.4) is 0 Å². The van der Waals surface area contributed by atoms with Gasteiger partial charge in [0.1, 0.15) is 16.9 Å². The molecule has 0 spiro atoms. The molecule has 0 aliphatic carbocycles. The number of halogens is 1. The van der Waals surface area contributed by atoms with Gasteiger partial charge in [-0.1, -0.05) is 35.9 Å². The summed E-state index contributed by atoms with van der Waals surface area (Å²) in [6, 6.07) is 20.0. The van der Waals surface area contributed by atoms with E-state index >= 15 is 0 Å². The van der Waals surface area contributed by atoms with Crippen molar-refractivity contribution in [1.29, 1.82) is 0 Å². The van der Waals surface area contributed by atoms with Crippen LogP contribution in [0.1, 0.15) is 28.5 Å². The SMILES string of the molecule is Cc1ccccc1CNC(=O)C1(C)Cn2nc(-c3ccco3)cc2C(=O)N1c1ccc(Cl)cc1. The predicted octanol–water partition coefficient (Wildman–Crippen LogP) is 4.84. The number of benzene rings is 2. The van der Waals surface area contributed by atoms with Crippen molar-refractivity contribution in [3.8, 4) is 11.5 Å². The van der Waals surface area contributed by atoms with Crippen molar-refractivity contribution >= 4 is 29.1 Å². The van der Waals surface area contributed by atoms with Crippen molar-refractivity contribution in [2.45, 2.75) is 32.5 Å². The lowest BCUT2D eigenvalue weighted by Gasteiger charge is -2.43. The topological polar surface area (TPSA) is 80.4 Å². The minimum atomic E-state index is -1.23. The van der Waals surface area contributed by atoms with Crippen molar-refractivity contribution in [3.63, 3.8) is 0 Å². The van der Waals surface area contributed by atoms with Gasteiger partial charge in [0.05, 0.1) is 12.8 Å². The van der Waals surface area contributed by atoms with Gasteiger partial charge < -0.3 is 9.73 Å². The Balaban J connectivity index is 1.54. The molecular weight excluding hydrogens is 452 g/mol. The van der Waals surface area contributed by atoms with E-state index in [4.69, 9.17) is 16.0 Å². The predicted molar refractivity (Wildman–Crippen MR) is 130 cm³/mol. The Labute approximate surface area is 201 Å². The Morgan fingerprint density at radius 2 is 1.91 bits per heavy atom. The van der Waals surface area contributed by atoms with Crippen LogP contribution in [-0.2, 0) is 17.9 Å². The summed E-state index contributed by atoms with van der Waals surface area (Å²) in [5, 5.41) is 8.14. The molecular formula is C26H23ClN4O3. The second-order valence-electron chi connectivity index (χ2n) is 8.55. The standard InChI is InChI=1S/C26H23ClN4O3/c1-17-6-3-4-7-18(17)15-28-25(33)26(2)16-30-22(14-21(29-30)23-8-5-13-34-23)24(32)31(26)20-11-9-19(27)10-12-20/h3-14H,15-16H2,1-2H3,(H,28,33). The van der Waals surface area contributed by atoms with Gasteiger partial charge in [-0.05, 0) is 61.4 Å². The van der Waals surface area contributed by atoms with Crippen molar-refractivity contribution in [2.75, 3.05) is 4.90 Å². The molecule has 0 saturated carbocycles. The number of aryl methyl sites for hydroxylation is 1. The summed E-state index contributed by atoms with van der Waals surface area (Å²) in [7, 11) is 0. The molecule has 172 valence electrons. The van der Waals surface area contributed by atoms with E-state index in [1.165, 1.54) is 4.90 Å². The second-order valence-corrected chi connectivity index (χ2v) is 8.99. The number of nitrogens with zero attached hydrogens (tertiary/aromatic N) is 3. The number of carbonyl (C=O) groups excluding carboxylic acids is 2. The summed E-state index contributed by atoms with van der Waals surface area (Å²) in [4.78, 5) is 28.9. The Bertz CT molecular complexity index is 1360. The Morgan fingerprint density at radius 1 is 1.15 bits per heavy atom. The first-order chi connectivity index (χ1) is 16.4. The maximum Gasteiger partial charge on any atom is 0.277 e. The molecule has 0 saturated heterocycles. The van der Waals surface area contributed by atoms with Gasteiger partial charge in [0.15, 0.2) is 5.76 Å². The first kappa shape index (κ1) is 22.0. The molecule has 1 N–H and O–H groups in total. The van der Waals surface area contributed by atoms with Gasteiger partial charge in [-0.15, -0.1) is 0 Å². The molecule has 0 radical (unpaired) electrons. The fraction of sp³-hybridized carbons (Fsp3) is 0.192. The number of hydrogen-bond acceptors (Lipinski definition) is 4. The van der Waals surface area contributed by atoms with E-state index in [9.17, 15) is 9.59 Å². The highest BCUT2D eigenvalue weighted by molar-refractivity contribution is 6.30. The smallest absolute Gasteiger partial charge is 0.277 e. The molecule has 1 aliphatic heterocycles. The first-order valence-corrected chi connectivity index (χ1v) is 11.3. The molecule has 1 atom stereocenters. The number of aromatic nitrogens is 2. The molecule has 7 nitrogen and oxygen atoms in total. The van der Waals surface area contributed by atoms with Crippen molar-refractivity contribution in [1.82, 2.24) is 15.1 Å². The van der Waals surface area contributed by atoms with Crippen LogP contribution in [0.5, 0.6) is 0 Å². The van der Waals surface area contributed by atoms with Crippen LogP contribution in [0.25, 0.3) is 11.5 Å². The zero-order chi connectivity index (χ0) is 23.9. The highest BCUT2D eigenvalue weighted by atomic mass is 35.5. The number of furan rings is 1. The maximum atomic E-state index is 13.8. The van der Waals surface area contributed by atoms with Crippen LogP contribution in [0, 0.1) is 6.92 Å². The number of amides is 2. The number of nitrogens with one attached hydrogen (secondary N) is 1. The van der Waals surface area contributed by atoms with Gasteiger partial charge in [-0.25, -0.2) is 0 Å². The lowest BCUT2D eigenvalue weighted by atomic mass is 9.93. The molecule has 0 bridgehead atoms. The van der Waals surface area contributed by atoms with E-state index in [1.807, 2.05) is 31.2 Å². The zero-order valence-electron chi connectivity index (χ0n) is 18.8. The number of rotatable bonds is 5. The lowest BCUT2D eigenvalue weighted by molar-refractivity contribution is -0.126. The molecule has 2 aromatic carbocycles. The summed E-state index contributed by atoms with van der Waals surface area (Å²) in [5.74, 6) is -0.0503. The Kier molecular flexibility index (Phi) is 5.49. The highest BCUT2D eigenvalue weighted by Crippen LogP contribution is 2.34. The van der Waals surface area contributed by atoms with Crippen LogP contribution < -0.4 is 10.2 Å². The fourth-order valence-corrected chi connectivity index (χ4v) is 4.42. The van der Waals surface area contributed by atoms with Crippen LogP contribution in [0.2, 0.25) is 5.02 Å². The molecule has 3 heterocycles. The summed E-state index contributed by atoms with van der Waals surface area (Å²) >= 11 is 6.09. The second kappa shape index (κ2) is 8.50. The molecule has 2 aromatic heterocycles. The van der Waals surface area contributed by atoms with E-state index in [1.54, 1.807) is 60.3 Å². The van der Waals surface area contributed by atoms with E-state index in [2.05, 4.69) is 10.4 Å². The van der Waals surface area contributed by atoms with E-state index in [-0.39, 0.29) is 18.4 Å². The molecule has 4 aromatic rings. The number of anilines is 1. The molecule has 1 unspecified atom stereocenters. The third kappa shape index (κ3) is 3.78. The average molecular weight is 475 g/mol. The van der Waals surface area contributed by atoms with E-state index in [0.29, 0.717) is 34.4 Å². The van der Waals surface area contributed by atoms with Gasteiger partial charge >= 0.3 is 0 Å². The lowest BCUT2D eigenvalue weighted by Crippen LogP contribution is -2.64. The minimum Gasteiger partial charge on any atom is -0.463 e. The number of fused-ring (bicyclic) bond motifs is 1. The maximum absolute atomic E-state index is 13.8. The van der Waals surface area contributed by atoms with Crippen molar-refractivity contribution < 1.29 is 14.0 Å². The van der Waals surface area contributed by atoms with Gasteiger partial charge in [-0.3, -0.25) is 19.2 Å². The van der Waals surface area contributed by atoms with Crippen LogP contribution >= 0.6 is 11.6 Å². The molecule has 1 aliphatic rings. The Morgan fingerprint density at radius 3 is 2.62 bits per heavy atom. The van der Waals surface area contributed by atoms with Gasteiger partial charge in [-0.2, -0.15) is 5.10 Å². The van der Waals surface area contributed by atoms with Crippen LogP contribution in [0.15, 0.2) is 77.4 Å². The number of hydrogen-bond donors (Lipinski definition) is 1. The first-order valence-electron chi connectivity index (χ1n) is 10.9. The third-order valence-corrected chi connectivity index (χ3v) is 6.45. The van der Waals surface area contributed by atoms with Crippen molar-refractivity contribution in [3.05, 3.63) is 94.8 Å². The molecule has 0 fully saturated rings. The largest absolute Gasteiger partial charge is 0.463 e. The van der Waals surface area contributed by atoms with Gasteiger partial charge in [0.2, 0.25) is 5.91 Å². The van der Waals surface area contributed by atoms with Crippen molar-refractivity contribution in [2.24, 2.45) is 0 Å². The quantitative estimate of drug-likeness (QED) is 0.449. The fourth-order valence-electron chi connectivity index (χ4n) is 4.30. The van der Waals surface area contributed by atoms with Crippen LogP contribution in [0.4, 0.5) is 5.69 Å². The summed E-state index contributed by atoms with van der Waals surface area (Å²) in [6.07, 6.45) is 1.55. The van der Waals surface area contributed by atoms with E-state index < -0.39 is 5.54 Å². The zero-order valence-corrected chi connectivity index (χ0v) is 19.5. The summed E-state index contributed by atoms with van der Waals surface area (Å²) in [6.45, 7) is 4.29. The summed E-state index contributed by atoms with van der Waals surface area (Å²) in [5.41, 5.74) is 2.36. The molecule has 2 amide bonds. The molecule has 8 heteroatoms. The highest BCUT2D eigenvalue weighted by Gasteiger charge is 2.49. The molecule has 34 heavy (non-hydrogen) atoms. The van der Waals surface area contributed by atoms with Gasteiger partial charge in [0.25, 0.3) is 5.91 Å². The monoisotopic (exact) mass is 474 g/mol. The third-order valence-electron chi connectivity index (χ3n) is 6.20. The minimum absolute atomic E-state index is 0.178. The normalized spacial score (nSPS) is 17.5. The van der Waals surface area contributed by atoms with E-state index in [0.717, 1.165) is 11.1 Å². The Hall–Kier alpha value is -3.84. The molecule has 5 rings (SSSR count).